The number of carboxylic acids is 2. The summed E-state index contributed by atoms with van der Waals surface area (Å²) in [5, 5.41) is 24.0. The minimum atomic E-state index is -1.26. The van der Waals surface area contributed by atoms with Crippen LogP contribution >= 0.6 is 0 Å². The van der Waals surface area contributed by atoms with Crippen LogP contribution in [0.4, 0.5) is 5.82 Å². The monoisotopic (exact) mass is 488 g/mol. The summed E-state index contributed by atoms with van der Waals surface area (Å²) < 4.78 is 1.91. The zero-order valence-electron chi connectivity index (χ0n) is 20.8. The van der Waals surface area contributed by atoms with Crippen molar-refractivity contribution < 1.29 is 24.6 Å². The number of hydrogen-bond donors (Lipinski definition) is 3. The van der Waals surface area contributed by atoms with Crippen molar-refractivity contribution in [3.63, 3.8) is 0 Å². The molecule has 1 saturated carbocycles. The molecule has 1 fully saturated rings. The Morgan fingerprint density at radius 3 is 2.20 bits per heavy atom. The lowest BCUT2D eigenvalue weighted by molar-refractivity contribution is -0.134. The lowest BCUT2D eigenvalue weighted by atomic mass is 9.89. The molecule has 0 radical (unpaired) electrons. The van der Waals surface area contributed by atoms with Gasteiger partial charge in [0.1, 0.15) is 12.1 Å². The van der Waals surface area contributed by atoms with Gasteiger partial charge in [-0.2, -0.15) is 5.10 Å². The zero-order chi connectivity index (χ0) is 26.0. The Hall–Kier alpha value is -3.34. The Morgan fingerprint density at radius 2 is 1.66 bits per heavy atom. The molecule has 0 unspecified atom stereocenters. The van der Waals surface area contributed by atoms with E-state index in [4.69, 9.17) is 10.2 Å². The summed E-state index contributed by atoms with van der Waals surface area (Å²) >= 11 is 0. The fraction of sp³-hybridized carbons (Fsp3) is 0.583. The van der Waals surface area contributed by atoms with Crippen molar-refractivity contribution in [1.82, 2.24) is 24.6 Å². The molecule has 2 aromatic heterocycles. The van der Waals surface area contributed by atoms with Crippen LogP contribution in [0.25, 0.3) is 11.0 Å². The number of carbonyl (C=O) groups is 3. The lowest BCUT2D eigenvalue weighted by Crippen LogP contribution is -2.39. The number of aliphatic carboxylic acids is 2. The van der Waals surface area contributed by atoms with Crippen LogP contribution in [0.1, 0.15) is 59.8 Å². The Kier molecular flexibility index (Phi) is 10.8. The van der Waals surface area contributed by atoms with E-state index < -0.39 is 11.9 Å². The van der Waals surface area contributed by atoms with E-state index in [1.54, 1.807) is 6.20 Å². The molecule has 1 aliphatic carbocycles. The first kappa shape index (κ1) is 27.9. The van der Waals surface area contributed by atoms with Gasteiger partial charge in [0.05, 0.1) is 18.1 Å². The van der Waals surface area contributed by atoms with Crippen molar-refractivity contribution in [3.05, 3.63) is 24.7 Å². The Morgan fingerprint density at radius 1 is 1.06 bits per heavy atom. The first-order valence-corrected chi connectivity index (χ1v) is 12.0. The molecule has 1 amide bonds. The molecule has 0 spiro atoms. The number of hydrogen-bond acceptors (Lipinski definition) is 7. The molecule has 2 aromatic rings. The number of nitrogens with zero attached hydrogens (tertiary/aromatic N) is 5. The topological polar surface area (TPSA) is 151 Å². The van der Waals surface area contributed by atoms with E-state index in [2.05, 4.69) is 53.0 Å². The van der Waals surface area contributed by atoms with Crippen LogP contribution in [-0.4, -0.2) is 71.3 Å². The average Bonchev–Trinajstić information content (AvgIpc) is 3.22. The number of fused-ring (bicyclic) bond motifs is 1. The minimum absolute atomic E-state index is 0.0771. The van der Waals surface area contributed by atoms with Gasteiger partial charge in [-0.25, -0.2) is 24.2 Å². The predicted molar refractivity (Wildman–Crippen MR) is 132 cm³/mol. The summed E-state index contributed by atoms with van der Waals surface area (Å²) in [7, 11) is 0. The van der Waals surface area contributed by atoms with Crippen LogP contribution in [0, 0.1) is 5.92 Å². The van der Waals surface area contributed by atoms with Crippen LogP contribution in [0.3, 0.4) is 0 Å². The standard InChI is InChI=1S/C20H32N6O.C4H4O4/c1-14(2)25(15(3)4)10-11-26-19-17(12-23-26)18(21-13-22-19)24-20(27)16-8-6-5-7-9-16;5-3(6)1-2-4(7)8/h12-16H,5-11H2,1-4H3,(H,21,22,24,27);1-2H,(H,5,6)(H,7,8)/b;2-1-. The predicted octanol–water partition coefficient (Wildman–Crippen LogP) is 3.18. The fourth-order valence-corrected chi connectivity index (χ4v) is 4.21. The van der Waals surface area contributed by atoms with E-state index in [9.17, 15) is 14.4 Å². The first-order chi connectivity index (χ1) is 16.6. The quantitative estimate of drug-likeness (QED) is 0.452. The van der Waals surface area contributed by atoms with Crippen LogP contribution in [0.5, 0.6) is 0 Å². The highest BCUT2D eigenvalue weighted by molar-refractivity contribution is 5.99. The van der Waals surface area contributed by atoms with Crippen LogP contribution in [0.15, 0.2) is 24.7 Å². The van der Waals surface area contributed by atoms with E-state index in [1.165, 1.54) is 12.7 Å². The lowest BCUT2D eigenvalue weighted by Gasteiger charge is -2.30. The van der Waals surface area contributed by atoms with Crippen molar-refractivity contribution in [1.29, 1.82) is 0 Å². The smallest absolute Gasteiger partial charge is 0.328 e. The second kappa shape index (κ2) is 13.5. The van der Waals surface area contributed by atoms with Gasteiger partial charge in [-0.15, -0.1) is 0 Å². The van der Waals surface area contributed by atoms with Crippen molar-refractivity contribution >= 4 is 34.7 Å². The largest absolute Gasteiger partial charge is 0.478 e. The molecular formula is C24H36N6O5. The molecule has 0 bridgehead atoms. The zero-order valence-corrected chi connectivity index (χ0v) is 20.8. The third-order valence-corrected chi connectivity index (χ3v) is 5.92. The number of carboxylic acid groups (broad SMARTS) is 2. The van der Waals surface area contributed by atoms with E-state index in [0.29, 0.717) is 30.1 Å². The molecule has 35 heavy (non-hydrogen) atoms. The third-order valence-electron chi connectivity index (χ3n) is 5.92. The number of anilines is 1. The Balaban J connectivity index is 0.000000466. The maximum atomic E-state index is 12.6. The van der Waals surface area contributed by atoms with Gasteiger partial charge in [-0.1, -0.05) is 19.3 Å². The molecule has 11 nitrogen and oxygen atoms in total. The van der Waals surface area contributed by atoms with Gasteiger partial charge < -0.3 is 15.5 Å². The Bertz CT molecular complexity index is 1000. The third kappa shape index (κ3) is 8.75. The number of aromatic nitrogens is 4. The maximum absolute atomic E-state index is 12.6. The number of rotatable bonds is 9. The number of amides is 1. The van der Waals surface area contributed by atoms with Gasteiger partial charge >= 0.3 is 11.9 Å². The van der Waals surface area contributed by atoms with E-state index in [-0.39, 0.29) is 11.8 Å². The minimum Gasteiger partial charge on any atom is -0.478 e. The average molecular weight is 489 g/mol. The van der Waals surface area contributed by atoms with Crippen molar-refractivity contribution in [2.45, 2.75) is 78.4 Å². The van der Waals surface area contributed by atoms with Crippen LogP contribution in [0.2, 0.25) is 0 Å². The summed E-state index contributed by atoms with van der Waals surface area (Å²) in [4.78, 5) is 42.8. The molecule has 0 saturated heterocycles. The number of nitrogens with one attached hydrogen (secondary N) is 1. The summed E-state index contributed by atoms with van der Waals surface area (Å²) in [6.45, 7) is 10.5. The fourth-order valence-electron chi connectivity index (χ4n) is 4.21. The van der Waals surface area contributed by atoms with E-state index in [0.717, 1.165) is 49.8 Å². The van der Waals surface area contributed by atoms with Crippen molar-refractivity contribution in [2.24, 2.45) is 5.92 Å². The van der Waals surface area contributed by atoms with Gasteiger partial charge in [0.2, 0.25) is 5.91 Å². The second-order valence-electron chi connectivity index (χ2n) is 9.09. The highest BCUT2D eigenvalue weighted by atomic mass is 16.4. The van der Waals surface area contributed by atoms with Gasteiger partial charge in [0.15, 0.2) is 5.65 Å². The van der Waals surface area contributed by atoms with Gasteiger partial charge in [0, 0.05) is 36.7 Å². The molecule has 1 aliphatic rings. The van der Waals surface area contributed by atoms with Crippen molar-refractivity contribution in [2.75, 3.05) is 11.9 Å². The van der Waals surface area contributed by atoms with Crippen LogP contribution in [-0.2, 0) is 20.9 Å². The van der Waals surface area contributed by atoms with Crippen LogP contribution < -0.4 is 5.32 Å². The summed E-state index contributed by atoms with van der Waals surface area (Å²) in [6, 6.07) is 0.957. The molecule has 192 valence electrons. The van der Waals surface area contributed by atoms with Gasteiger partial charge in [0.25, 0.3) is 0 Å². The molecule has 11 heteroatoms. The molecule has 3 rings (SSSR count). The summed E-state index contributed by atoms with van der Waals surface area (Å²) in [5.41, 5.74) is 0.774. The van der Waals surface area contributed by atoms with Gasteiger partial charge in [-0.05, 0) is 40.5 Å². The molecule has 2 heterocycles. The van der Waals surface area contributed by atoms with Gasteiger partial charge in [-0.3, -0.25) is 9.69 Å². The maximum Gasteiger partial charge on any atom is 0.328 e. The molecular weight excluding hydrogens is 452 g/mol. The molecule has 0 aliphatic heterocycles. The van der Waals surface area contributed by atoms with E-state index >= 15 is 0 Å². The molecule has 3 N–H and O–H groups in total. The molecule has 0 atom stereocenters. The summed E-state index contributed by atoms with van der Waals surface area (Å²) in [5.74, 6) is -1.76. The normalized spacial score (nSPS) is 14.5. The van der Waals surface area contributed by atoms with Crippen molar-refractivity contribution in [3.8, 4) is 0 Å². The molecule has 0 aromatic carbocycles. The SMILES string of the molecule is CC(C)N(CCn1ncc2c(NC(=O)C3CCCCC3)ncnc21)C(C)C.O=C(O)/C=C\C(=O)O. The Labute approximate surface area is 205 Å². The highest BCUT2D eigenvalue weighted by Crippen LogP contribution is 2.26. The highest BCUT2D eigenvalue weighted by Gasteiger charge is 2.23. The number of carbonyl (C=O) groups excluding carboxylic acids is 1. The first-order valence-electron chi connectivity index (χ1n) is 12.0. The second-order valence-corrected chi connectivity index (χ2v) is 9.09. The summed E-state index contributed by atoms with van der Waals surface area (Å²) in [6.07, 6.45) is 9.84. The van der Waals surface area contributed by atoms with E-state index in [1.807, 2.05) is 4.68 Å².